The molecule has 65 heavy (non-hydrogen) atoms. The maximum Gasteiger partial charge on any atom is 0.370 e. The number of carboxylic acids is 1. The summed E-state index contributed by atoms with van der Waals surface area (Å²) in [5.74, 6) is -2.02. The number of benzene rings is 3. The topological polar surface area (TPSA) is 182 Å². The molecular formula is C44H54ClF2N9O8S. The van der Waals surface area contributed by atoms with Gasteiger partial charge < -0.3 is 51.9 Å². The third-order valence-corrected chi connectivity index (χ3v) is 12.6. The first-order valence-electron chi connectivity index (χ1n) is 21.2. The first-order valence-corrected chi connectivity index (χ1v) is 22.2. The highest BCUT2D eigenvalue weighted by molar-refractivity contribution is 8.13. The van der Waals surface area contributed by atoms with E-state index < -0.39 is 52.9 Å². The van der Waals surface area contributed by atoms with Crippen LogP contribution in [0.2, 0.25) is 0 Å². The summed E-state index contributed by atoms with van der Waals surface area (Å²) >= 11 is 0.738. The molecule has 0 amide bonds. The molecule has 2 aromatic heterocycles. The lowest BCUT2D eigenvalue weighted by atomic mass is 9.87. The van der Waals surface area contributed by atoms with Crippen LogP contribution in [0.25, 0.3) is 5.69 Å². The van der Waals surface area contributed by atoms with Gasteiger partial charge in [-0.3, -0.25) is 4.79 Å². The van der Waals surface area contributed by atoms with Gasteiger partial charge in [0.15, 0.2) is 0 Å². The Hall–Kier alpha value is -5.54. The molecule has 3 aromatic carbocycles. The Morgan fingerprint density at radius 1 is 1.00 bits per heavy atom. The van der Waals surface area contributed by atoms with Crippen molar-refractivity contribution in [3.8, 4) is 11.4 Å². The number of halogens is 3. The predicted molar refractivity (Wildman–Crippen MR) is 234 cm³/mol. The minimum atomic E-state index is -1.21. The summed E-state index contributed by atoms with van der Waals surface area (Å²) in [5.41, 5.74) is 1.52. The van der Waals surface area contributed by atoms with Crippen LogP contribution in [0.3, 0.4) is 0 Å². The van der Waals surface area contributed by atoms with Crippen LogP contribution in [-0.4, -0.2) is 110 Å². The monoisotopic (exact) mass is 941 g/mol. The van der Waals surface area contributed by atoms with Crippen molar-refractivity contribution >= 4 is 34.4 Å². The third kappa shape index (κ3) is 11.5. The van der Waals surface area contributed by atoms with Crippen molar-refractivity contribution in [1.82, 2.24) is 29.4 Å². The van der Waals surface area contributed by atoms with Gasteiger partial charge in [-0.2, -0.15) is 9.67 Å². The van der Waals surface area contributed by atoms with Crippen LogP contribution in [0.5, 0.6) is 5.75 Å². The number of rotatable bonds is 18. The molecule has 0 aliphatic carbocycles. The molecule has 0 bridgehead atoms. The molecule has 350 valence electrons. The van der Waals surface area contributed by atoms with Crippen LogP contribution in [0.4, 0.5) is 25.0 Å². The van der Waals surface area contributed by atoms with Gasteiger partial charge in [-0.15, -0.1) is 4.68 Å². The van der Waals surface area contributed by atoms with E-state index in [1.165, 1.54) is 41.1 Å². The van der Waals surface area contributed by atoms with Gasteiger partial charge in [-0.25, -0.2) is 27.6 Å². The molecule has 6 atom stereocenters. The number of hydrogen-bond donors (Lipinski definition) is 3. The SMILES string of the molecule is CC[C@@H]([C@H](C)O)n1ncn(-c2ccc(N3CCN(c4ccc(OC[C@@H]5CO[C@@](Cn6c[n+](C(C)OC(=O)SC[C@H](NC)C(=O)O)cn6)(c6ccc(F)cc6F)C5)cc4)CC3)cc2)c1=O.[Cl-]. The fourth-order valence-electron chi connectivity index (χ4n) is 8.20. The summed E-state index contributed by atoms with van der Waals surface area (Å²) in [6, 6.07) is 17.9. The lowest BCUT2D eigenvalue weighted by molar-refractivity contribution is -0.753. The van der Waals surface area contributed by atoms with Crippen molar-refractivity contribution in [2.45, 2.75) is 70.2 Å². The van der Waals surface area contributed by atoms with Crippen molar-refractivity contribution in [2.75, 3.05) is 62.0 Å². The quantitative estimate of drug-likeness (QED) is 0.0850. The number of carbonyl (C=O) groups is 2. The van der Waals surface area contributed by atoms with Crippen LogP contribution in [0.1, 0.15) is 51.4 Å². The Morgan fingerprint density at radius 3 is 2.25 bits per heavy atom. The third-order valence-electron chi connectivity index (χ3n) is 11.8. The summed E-state index contributed by atoms with van der Waals surface area (Å²) < 4.78 is 53.5. The predicted octanol–water partition coefficient (Wildman–Crippen LogP) is 1.53. The smallest absolute Gasteiger partial charge is 0.370 e. The van der Waals surface area contributed by atoms with E-state index in [2.05, 4.69) is 25.3 Å². The number of ether oxygens (including phenoxy) is 3. The summed E-state index contributed by atoms with van der Waals surface area (Å²) in [4.78, 5) is 41.4. The van der Waals surface area contributed by atoms with Gasteiger partial charge in [-0.05, 0) is 93.2 Å². The molecule has 0 spiro atoms. The van der Waals surface area contributed by atoms with Crippen LogP contribution in [0, 0.1) is 17.6 Å². The Bertz CT molecular complexity index is 2430. The number of nitrogens with one attached hydrogen (secondary N) is 1. The number of aliphatic hydroxyl groups is 1. The highest BCUT2D eigenvalue weighted by Gasteiger charge is 2.46. The molecule has 17 nitrogen and oxygen atoms in total. The van der Waals surface area contributed by atoms with Gasteiger partial charge in [0.25, 0.3) is 6.33 Å². The van der Waals surface area contributed by atoms with E-state index in [1.807, 2.05) is 55.5 Å². The molecule has 2 fully saturated rings. The summed E-state index contributed by atoms with van der Waals surface area (Å²) in [6.45, 7) is 9.04. The molecule has 4 heterocycles. The van der Waals surface area contributed by atoms with Crippen molar-refractivity contribution < 1.29 is 59.8 Å². The first kappa shape index (κ1) is 48.9. The fraction of sp³-hybridized carbons (Fsp3) is 0.455. The zero-order valence-electron chi connectivity index (χ0n) is 36.5. The molecule has 21 heteroatoms. The Morgan fingerprint density at radius 2 is 1.65 bits per heavy atom. The van der Waals surface area contributed by atoms with Crippen molar-refractivity contribution in [1.29, 1.82) is 0 Å². The average Bonchev–Trinajstić information content (AvgIpc) is 4.03. The molecule has 2 aliphatic rings. The maximum absolute atomic E-state index is 15.4. The van der Waals surface area contributed by atoms with Crippen molar-refractivity contribution in [2.24, 2.45) is 5.92 Å². The number of hydrogen-bond acceptors (Lipinski definition) is 13. The Balaban J connectivity index is 0.00000700. The van der Waals surface area contributed by atoms with Crippen molar-refractivity contribution in [3.63, 3.8) is 0 Å². The van der Waals surface area contributed by atoms with E-state index in [4.69, 9.17) is 14.2 Å². The molecule has 7 rings (SSSR count). The normalized spacial score (nSPS) is 19.3. The zero-order valence-corrected chi connectivity index (χ0v) is 38.1. The molecular weight excluding hydrogens is 888 g/mol. The van der Waals surface area contributed by atoms with Gasteiger partial charge in [0, 0.05) is 72.9 Å². The number of thioether (sulfide) groups is 1. The number of aliphatic hydroxyl groups excluding tert-OH is 1. The largest absolute Gasteiger partial charge is 1.00 e. The Labute approximate surface area is 385 Å². The maximum atomic E-state index is 15.4. The number of nitrogens with zero attached hydrogens (tertiary/aromatic N) is 8. The van der Waals surface area contributed by atoms with Crippen LogP contribution in [0.15, 0.2) is 90.5 Å². The van der Waals surface area contributed by atoms with E-state index in [0.29, 0.717) is 30.9 Å². The summed E-state index contributed by atoms with van der Waals surface area (Å²) in [7, 11) is 1.49. The number of carboxylic acid groups (broad SMARTS) is 1. The van der Waals surface area contributed by atoms with Gasteiger partial charge in [0.05, 0.1) is 31.0 Å². The van der Waals surface area contributed by atoms with Crippen molar-refractivity contribution in [3.05, 3.63) is 113 Å². The van der Waals surface area contributed by atoms with Gasteiger partial charge in [0.1, 0.15) is 41.9 Å². The van der Waals surface area contributed by atoms with Crippen LogP contribution >= 0.6 is 11.8 Å². The van der Waals surface area contributed by atoms with Crippen LogP contribution in [-0.2, 0) is 26.4 Å². The zero-order chi connectivity index (χ0) is 45.5. The van der Waals surface area contributed by atoms with Gasteiger partial charge >= 0.3 is 17.0 Å². The minimum absolute atomic E-state index is 0. The Kier molecular flexibility index (Phi) is 16.3. The van der Waals surface area contributed by atoms with Gasteiger partial charge in [-0.1, -0.05) is 13.0 Å². The molecule has 0 saturated carbocycles. The number of aromatic nitrogens is 6. The molecule has 5 aromatic rings. The second-order valence-corrected chi connectivity index (χ2v) is 17.0. The highest BCUT2D eigenvalue weighted by Crippen LogP contribution is 2.42. The number of likely N-dealkylation sites (N-methyl/N-ethyl adjacent to an activating group) is 1. The first-order chi connectivity index (χ1) is 30.8. The van der Waals surface area contributed by atoms with E-state index >= 15 is 4.39 Å². The second-order valence-electron chi connectivity index (χ2n) is 16.1. The fourth-order valence-corrected chi connectivity index (χ4v) is 9.02. The summed E-state index contributed by atoms with van der Waals surface area (Å²) in [5, 5.41) is 29.9. The molecule has 1 unspecified atom stereocenters. The van der Waals surface area contributed by atoms with Gasteiger partial charge in [0.2, 0.25) is 12.6 Å². The van der Waals surface area contributed by atoms with E-state index in [-0.39, 0.29) is 48.5 Å². The van der Waals surface area contributed by atoms with Crippen LogP contribution < -0.4 is 42.5 Å². The molecule has 3 N–H and O–H groups in total. The number of piperazine rings is 1. The number of aliphatic carboxylic acids is 1. The van der Waals surface area contributed by atoms with E-state index in [0.717, 1.165) is 55.4 Å². The molecule has 2 saturated heterocycles. The highest BCUT2D eigenvalue weighted by atomic mass is 35.5. The number of anilines is 2. The average molecular weight is 942 g/mol. The standard InChI is InChI=1S/C44H53F2N9O8S.ClH/c1-5-40(29(2)56)55-42(59)54(27-49-55)35-9-7-33(8-10-35)50-16-18-51(19-17-50)34-11-13-36(14-12-34)61-22-31-21-44(62-23-31,37-15-6-32(45)20-38(37)46)25-53-28-52(26-48-53)30(3)63-43(60)64-24-39(47-4)41(57)58;/h6-15,20,26-31,39-40,47,56H,5,16-19,21-25H2,1-4H3;1H/t29-,30?,31+,39-,40-,44-;/m0./s1. The van der Waals surface area contributed by atoms with E-state index in [1.54, 1.807) is 29.4 Å². The summed E-state index contributed by atoms with van der Waals surface area (Å²) in [6.07, 6.45) is 3.99. The lowest BCUT2D eigenvalue weighted by Crippen LogP contribution is -3.00. The lowest BCUT2D eigenvalue weighted by Gasteiger charge is -2.37. The molecule has 0 radical (unpaired) electrons. The number of carbonyl (C=O) groups excluding carboxylic acids is 1. The van der Waals surface area contributed by atoms with E-state index in [9.17, 15) is 29.0 Å². The second kappa shape index (κ2) is 21.6. The minimum Gasteiger partial charge on any atom is -1.00 e. The molecule has 2 aliphatic heterocycles.